The summed E-state index contributed by atoms with van der Waals surface area (Å²) in [6.07, 6.45) is 0.00421. The average molecular weight is 292 g/mol. The fraction of sp³-hybridized carbons (Fsp3) is 0.400. The van der Waals surface area contributed by atoms with Crippen LogP contribution in [0.5, 0.6) is 0 Å². The Labute approximate surface area is 113 Å². The maximum atomic E-state index is 11.6. The first-order chi connectivity index (χ1) is 8.36. The lowest BCUT2D eigenvalue weighted by atomic mass is 10.0. The van der Waals surface area contributed by atoms with Crippen LogP contribution in [0.2, 0.25) is 10.4 Å². The van der Waals surface area contributed by atoms with Gasteiger partial charge < -0.3 is 10.4 Å². The molecule has 1 aromatic heterocycles. The van der Waals surface area contributed by atoms with E-state index in [1.54, 1.807) is 6.92 Å². The molecule has 0 aliphatic rings. The number of carbonyl (C=O) groups is 2. The standard InChI is InChI=1S/C10H11Cl2N3O3/c1-5(3-9(17)18)2-8(16)14-7-4-6(11)13-10(12)15-7/h4-5H,2-3H2,1H3,(H,17,18)(H,13,14,15,16). The zero-order valence-corrected chi connectivity index (χ0v) is 11.0. The molecule has 0 spiro atoms. The zero-order valence-electron chi connectivity index (χ0n) is 9.48. The van der Waals surface area contributed by atoms with Crippen LogP contribution >= 0.6 is 23.2 Å². The summed E-state index contributed by atoms with van der Waals surface area (Å²) in [6.45, 7) is 1.67. The topological polar surface area (TPSA) is 92.2 Å². The molecule has 98 valence electrons. The summed E-state index contributed by atoms with van der Waals surface area (Å²) in [4.78, 5) is 29.4. The second-order valence-electron chi connectivity index (χ2n) is 3.80. The Morgan fingerprint density at radius 1 is 1.39 bits per heavy atom. The maximum absolute atomic E-state index is 11.6. The molecule has 0 aliphatic carbocycles. The van der Waals surface area contributed by atoms with E-state index < -0.39 is 5.97 Å². The molecule has 1 heterocycles. The smallest absolute Gasteiger partial charge is 0.303 e. The largest absolute Gasteiger partial charge is 0.481 e. The van der Waals surface area contributed by atoms with E-state index in [0.29, 0.717) is 0 Å². The van der Waals surface area contributed by atoms with E-state index in [9.17, 15) is 9.59 Å². The van der Waals surface area contributed by atoms with Gasteiger partial charge >= 0.3 is 5.97 Å². The number of anilines is 1. The first-order valence-electron chi connectivity index (χ1n) is 5.08. The minimum absolute atomic E-state index is 0.0707. The summed E-state index contributed by atoms with van der Waals surface area (Å²) in [5.74, 6) is -1.37. The molecular formula is C10H11Cl2N3O3. The SMILES string of the molecule is CC(CC(=O)O)CC(=O)Nc1cc(Cl)nc(Cl)n1. The number of hydrogen-bond donors (Lipinski definition) is 2. The first kappa shape index (κ1) is 14.7. The highest BCUT2D eigenvalue weighted by Gasteiger charge is 2.13. The Morgan fingerprint density at radius 3 is 2.61 bits per heavy atom. The lowest BCUT2D eigenvalue weighted by Gasteiger charge is -2.09. The molecule has 0 aliphatic heterocycles. The third kappa shape index (κ3) is 5.29. The van der Waals surface area contributed by atoms with E-state index in [0.717, 1.165) is 0 Å². The van der Waals surface area contributed by atoms with E-state index >= 15 is 0 Å². The van der Waals surface area contributed by atoms with Gasteiger partial charge in [0.2, 0.25) is 11.2 Å². The van der Waals surface area contributed by atoms with Gasteiger partial charge in [0.25, 0.3) is 0 Å². The molecule has 18 heavy (non-hydrogen) atoms. The first-order valence-corrected chi connectivity index (χ1v) is 5.84. The maximum Gasteiger partial charge on any atom is 0.303 e. The van der Waals surface area contributed by atoms with Crippen molar-refractivity contribution in [2.75, 3.05) is 5.32 Å². The van der Waals surface area contributed by atoms with Gasteiger partial charge in [-0.2, -0.15) is 0 Å². The average Bonchev–Trinajstić information content (AvgIpc) is 2.12. The zero-order chi connectivity index (χ0) is 13.7. The molecule has 0 radical (unpaired) electrons. The lowest BCUT2D eigenvalue weighted by Crippen LogP contribution is -2.17. The summed E-state index contributed by atoms with van der Waals surface area (Å²) >= 11 is 11.2. The van der Waals surface area contributed by atoms with Crippen LogP contribution in [-0.2, 0) is 9.59 Å². The van der Waals surface area contributed by atoms with Gasteiger partial charge in [0, 0.05) is 18.9 Å². The molecular weight excluding hydrogens is 281 g/mol. The fourth-order valence-corrected chi connectivity index (χ4v) is 1.74. The summed E-state index contributed by atoms with van der Waals surface area (Å²) in [7, 11) is 0. The molecule has 1 unspecified atom stereocenters. The van der Waals surface area contributed by atoms with Crippen molar-refractivity contribution in [1.29, 1.82) is 0 Å². The molecule has 0 saturated heterocycles. The van der Waals surface area contributed by atoms with Gasteiger partial charge in [0.1, 0.15) is 11.0 Å². The van der Waals surface area contributed by atoms with Gasteiger partial charge in [-0.3, -0.25) is 9.59 Å². The van der Waals surface area contributed by atoms with Gasteiger partial charge in [-0.1, -0.05) is 18.5 Å². The highest BCUT2D eigenvalue weighted by atomic mass is 35.5. The third-order valence-electron chi connectivity index (χ3n) is 1.99. The number of nitrogens with one attached hydrogen (secondary N) is 1. The summed E-state index contributed by atoms with van der Waals surface area (Å²) < 4.78 is 0. The molecule has 1 aromatic rings. The molecule has 0 bridgehead atoms. The number of carbonyl (C=O) groups excluding carboxylic acids is 1. The van der Waals surface area contributed by atoms with E-state index in [1.165, 1.54) is 6.07 Å². The Balaban J connectivity index is 2.56. The minimum Gasteiger partial charge on any atom is -0.481 e. The van der Waals surface area contributed by atoms with Gasteiger partial charge in [0.15, 0.2) is 0 Å². The highest BCUT2D eigenvalue weighted by Crippen LogP contribution is 2.15. The van der Waals surface area contributed by atoms with Gasteiger partial charge in [-0.05, 0) is 17.5 Å². The van der Waals surface area contributed by atoms with Crippen LogP contribution in [0.15, 0.2) is 6.07 Å². The second-order valence-corrected chi connectivity index (χ2v) is 4.53. The number of carboxylic acids is 1. The van der Waals surface area contributed by atoms with Gasteiger partial charge in [-0.15, -0.1) is 0 Å². The number of nitrogens with zero attached hydrogens (tertiary/aromatic N) is 2. The van der Waals surface area contributed by atoms with Gasteiger partial charge in [-0.25, -0.2) is 9.97 Å². The van der Waals surface area contributed by atoms with Crippen molar-refractivity contribution in [3.63, 3.8) is 0 Å². The molecule has 2 N–H and O–H groups in total. The molecule has 1 atom stereocenters. The predicted molar refractivity (Wildman–Crippen MR) is 66.7 cm³/mol. The highest BCUT2D eigenvalue weighted by molar-refractivity contribution is 6.32. The van der Waals surface area contributed by atoms with Crippen LogP contribution in [0, 0.1) is 5.92 Å². The molecule has 0 fully saturated rings. The summed E-state index contributed by atoms with van der Waals surface area (Å²) in [6, 6.07) is 1.35. The number of halogens is 2. The van der Waals surface area contributed by atoms with Crippen molar-refractivity contribution in [3.05, 3.63) is 16.5 Å². The molecule has 6 nitrogen and oxygen atoms in total. The van der Waals surface area contributed by atoms with E-state index in [-0.39, 0.29) is 40.9 Å². The Kier molecular flexibility index (Phi) is 5.30. The van der Waals surface area contributed by atoms with E-state index in [1.807, 2.05) is 0 Å². The monoisotopic (exact) mass is 291 g/mol. The van der Waals surface area contributed by atoms with Gasteiger partial charge in [0.05, 0.1) is 0 Å². The summed E-state index contributed by atoms with van der Waals surface area (Å²) in [5.41, 5.74) is 0. The molecule has 8 heteroatoms. The number of hydrogen-bond acceptors (Lipinski definition) is 4. The van der Waals surface area contributed by atoms with Crippen LogP contribution in [0.25, 0.3) is 0 Å². The normalized spacial score (nSPS) is 11.9. The number of rotatable bonds is 5. The molecule has 1 amide bonds. The van der Waals surface area contributed by atoms with Crippen LogP contribution in [-0.4, -0.2) is 27.0 Å². The lowest BCUT2D eigenvalue weighted by molar-refractivity contribution is -0.138. The number of amides is 1. The van der Waals surface area contributed by atoms with Crippen molar-refractivity contribution < 1.29 is 14.7 Å². The molecule has 0 saturated carbocycles. The Bertz CT molecular complexity index is 447. The minimum atomic E-state index is -0.941. The Morgan fingerprint density at radius 2 is 2.06 bits per heavy atom. The van der Waals surface area contributed by atoms with Crippen LogP contribution in [0.1, 0.15) is 19.8 Å². The van der Waals surface area contributed by atoms with Crippen LogP contribution in [0.3, 0.4) is 0 Å². The quantitative estimate of drug-likeness (QED) is 0.641. The number of carboxylic acid groups (broad SMARTS) is 1. The van der Waals surface area contributed by atoms with Crippen molar-refractivity contribution in [1.82, 2.24) is 9.97 Å². The van der Waals surface area contributed by atoms with Crippen molar-refractivity contribution in [2.45, 2.75) is 19.8 Å². The Hall–Kier alpha value is -1.40. The van der Waals surface area contributed by atoms with E-state index in [2.05, 4.69) is 15.3 Å². The fourth-order valence-electron chi connectivity index (χ4n) is 1.33. The van der Waals surface area contributed by atoms with Crippen molar-refractivity contribution in [3.8, 4) is 0 Å². The number of aromatic nitrogens is 2. The molecule has 1 rings (SSSR count). The third-order valence-corrected chi connectivity index (χ3v) is 2.35. The second kappa shape index (κ2) is 6.51. The molecule has 0 aromatic carbocycles. The van der Waals surface area contributed by atoms with Crippen LogP contribution < -0.4 is 5.32 Å². The predicted octanol–water partition coefficient (Wildman–Crippen LogP) is 2.22. The van der Waals surface area contributed by atoms with E-state index in [4.69, 9.17) is 28.3 Å². The van der Waals surface area contributed by atoms with Crippen LogP contribution in [0.4, 0.5) is 5.82 Å². The number of aliphatic carboxylic acids is 1. The summed E-state index contributed by atoms with van der Waals surface area (Å²) in [5, 5.41) is 11.1. The van der Waals surface area contributed by atoms with Crippen molar-refractivity contribution in [2.24, 2.45) is 5.92 Å². The van der Waals surface area contributed by atoms with Crippen molar-refractivity contribution >= 4 is 40.9 Å².